The summed E-state index contributed by atoms with van der Waals surface area (Å²) in [5, 5.41) is 21.1. The first-order valence-electron chi connectivity index (χ1n) is 8.95. The second kappa shape index (κ2) is 12.2. The Labute approximate surface area is 183 Å². The number of rotatable bonds is 9. The Kier molecular flexibility index (Phi) is 10.7. The summed E-state index contributed by atoms with van der Waals surface area (Å²) in [6.45, 7) is 5.73. The third-order valence-electron chi connectivity index (χ3n) is 4.10. The summed E-state index contributed by atoms with van der Waals surface area (Å²) in [6.07, 6.45) is 1.95. The van der Waals surface area contributed by atoms with Gasteiger partial charge in [-0.05, 0) is 66.8 Å². The molecular weight excluding hydrogens is 473 g/mol. The quantitative estimate of drug-likeness (QED) is 0.211. The van der Waals surface area contributed by atoms with Crippen molar-refractivity contribution in [3.63, 3.8) is 0 Å². The number of aliphatic hydroxyl groups is 1. The van der Waals surface area contributed by atoms with Crippen LogP contribution in [0, 0.1) is 0 Å². The van der Waals surface area contributed by atoms with Gasteiger partial charge in [0.1, 0.15) is 11.4 Å². The van der Waals surface area contributed by atoms with Gasteiger partial charge < -0.3 is 20.5 Å². The van der Waals surface area contributed by atoms with Gasteiger partial charge in [-0.1, -0.05) is 12.1 Å². The van der Waals surface area contributed by atoms with Crippen molar-refractivity contribution in [1.29, 1.82) is 0 Å². The molecule has 0 bridgehead atoms. The lowest BCUT2D eigenvalue weighted by molar-refractivity contribution is 0.0677. The fourth-order valence-electron chi connectivity index (χ4n) is 2.56. The summed E-state index contributed by atoms with van der Waals surface area (Å²) in [6, 6.07) is 10.1. The number of benzene rings is 1. The summed E-state index contributed by atoms with van der Waals surface area (Å²) < 4.78 is 5.26. The van der Waals surface area contributed by atoms with Gasteiger partial charge in [0.25, 0.3) is 0 Å². The maximum absolute atomic E-state index is 10.6. The van der Waals surface area contributed by atoms with Gasteiger partial charge in [0, 0.05) is 13.1 Å². The van der Waals surface area contributed by atoms with E-state index in [-0.39, 0.29) is 24.0 Å². The van der Waals surface area contributed by atoms with Crippen LogP contribution in [-0.4, -0.2) is 37.8 Å². The van der Waals surface area contributed by atoms with Crippen molar-refractivity contribution in [2.24, 2.45) is 4.99 Å². The number of ether oxygens (including phenoxy) is 1. The molecule has 2 aromatic rings. The Morgan fingerprint density at radius 3 is 2.78 bits per heavy atom. The van der Waals surface area contributed by atoms with Crippen LogP contribution in [-0.2, 0) is 12.0 Å². The monoisotopic (exact) mass is 503 g/mol. The van der Waals surface area contributed by atoms with Crippen molar-refractivity contribution in [2.45, 2.75) is 32.3 Å². The molecule has 0 aliphatic rings. The molecule has 3 N–H and O–H groups in total. The average Bonchev–Trinajstić information content (AvgIpc) is 3.19. The van der Waals surface area contributed by atoms with E-state index in [1.165, 1.54) is 5.56 Å². The highest BCUT2D eigenvalue weighted by Gasteiger charge is 2.23. The van der Waals surface area contributed by atoms with E-state index in [4.69, 9.17) is 4.74 Å². The van der Waals surface area contributed by atoms with Gasteiger partial charge in [0.15, 0.2) is 5.96 Å². The molecule has 1 unspecified atom stereocenters. The van der Waals surface area contributed by atoms with E-state index >= 15 is 0 Å². The molecule has 150 valence electrons. The van der Waals surface area contributed by atoms with Crippen LogP contribution in [0.1, 0.15) is 31.4 Å². The van der Waals surface area contributed by atoms with Crippen LogP contribution in [0.3, 0.4) is 0 Å². The van der Waals surface area contributed by atoms with Crippen molar-refractivity contribution in [3.05, 3.63) is 52.2 Å². The maximum atomic E-state index is 10.6. The van der Waals surface area contributed by atoms with Crippen LogP contribution in [0.15, 0.2) is 46.1 Å². The first-order chi connectivity index (χ1) is 12.5. The minimum absolute atomic E-state index is 0. The van der Waals surface area contributed by atoms with E-state index in [0.717, 1.165) is 43.2 Å². The van der Waals surface area contributed by atoms with Crippen LogP contribution in [0.4, 0.5) is 0 Å². The van der Waals surface area contributed by atoms with Gasteiger partial charge in [-0.3, -0.25) is 0 Å². The molecule has 1 atom stereocenters. The maximum Gasteiger partial charge on any atom is 0.191 e. The number of nitrogens with zero attached hydrogens (tertiary/aromatic N) is 1. The minimum Gasteiger partial charge on any atom is -0.497 e. The Balaban J connectivity index is 0.00000364. The van der Waals surface area contributed by atoms with E-state index < -0.39 is 5.60 Å². The predicted molar refractivity (Wildman–Crippen MR) is 125 cm³/mol. The van der Waals surface area contributed by atoms with Crippen molar-refractivity contribution < 1.29 is 9.84 Å². The van der Waals surface area contributed by atoms with Gasteiger partial charge in [0.05, 0.1) is 13.7 Å². The summed E-state index contributed by atoms with van der Waals surface area (Å²) in [5.74, 6) is 1.62. The van der Waals surface area contributed by atoms with Gasteiger partial charge >= 0.3 is 0 Å². The van der Waals surface area contributed by atoms with E-state index in [2.05, 4.69) is 27.8 Å². The number of hydrogen-bond acceptors (Lipinski definition) is 4. The van der Waals surface area contributed by atoms with Crippen LogP contribution >= 0.6 is 35.3 Å². The van der Waals surface area contributed by atoms with Crippen LogP contribution in [0.25, 0.3) is 0 Å². The molecule has 1 heterocycles. The Hall–Kier alpha value is -1.32. The lowest BCUT2D eigenvalue weighted by Crippen LogP contribution is -2.39. The van der Waals surface area contributed by atoms with Crippen LogP contribution in [0.5, 0.6) is 5.75 Å². The molecule has 0 spiro atoms. The van der Waals surface area contributed by atoms with Crippen molar-refractivity contribution >= 4 is 41.3 Å². The zero-order chi connectivity index (χ0) is 18.8. The number of hydrogen-bond donors (Lipinski definition) is 3. The average molecular weight is 503 g/mol. The van der Waals surface area contributed by atoms with E-state index in [1.54, 1.807) is 25.4 Å². The van der Waals surface area contributed by atoms with Crippen molar-refractivity contribution in [1.82, 2.24) is 10.6 Å². The van der Waals surface area contributed by atoms with Gasteiger partial charge in [-0.25, -0.2) is 4.99 Å². The molecular formula is C20H30IN3O2S. The summed E-state index contributed by atoms with van der Waals surface area (Å²) in [4.78, 5) is 4.54. The van der Waals surface area contributed by atoms with E-state index in [0.29, 0.717) is 6.54 Å². The standard InChI is InChI=1S/C20H29N3O2S.HI/c1-4-21-19(23-15-20(2,24)17-10-12-26-14-17)22-11-6-8-16-7-5-9-18(13-16)25-3;/h5,7,9-10,12-14,24H,4,6,8,11,15H2,1-3H3,(H2,21,22,23);1H. The van der Waals surface area contributed by atoms with Crippen molar-refractivity contribution in [2.75, 3.05) is 26.7 Å². The third kappa shape index (κ3) is 8.06. The smallest absolute Gasteiger partial charge is 0.191 e. The molecule has 1 aromatic carbocycles. The SMILES string of the molecule is CCNC(=NCC(C)(O)c1ccsc1)NCCCc1cccc(OC)c1.I. The summed E-state index contributed by atoms with van der Waals surface area (Å²) in [5.41, 5.74) is 1.21. The number of guanidine groups is 1. The van der Waals surface area contributed by atoms with Crippen molar-refractivity contribution in [3.8, 4) is 5.75 Å². The number of nitrogens with one attached hydrogen (secondary N) is 2. The van der Waals surface area contributed by atoms with Crippen LogP contribution in [0.2, 0.25) is 0 Å². The minimum atomic E-state index is -0.955. The fraction of sp³-hybridized carbons (Fsp3) is 0.450. The molecule has 0 aliphatic carbocycles. The zero-order valence-electron chi connectivity index (χ0n) is 16.2. The lowest BCUT2D eigenvalue weighted by Gasteiger charge is -2.21. The number of aliphatic imine (C=N–C) groups is 1. The number of methoxy groups -OCH3 is 1. The molecule has 0 amide bonds. The molecule has 0 aliphatic heterocycles. The molecule has 7 heteroatoms. The molecule has 5 nitrogen and oxygen atoms in total. The highest BCUT2D eigenvalue weighted by atomic mass is 127. The topological polar surface area (TPSA) is 65.9 Å². The zero-order valence-corrected chi connectivity index (χ0v) is 19.3. The molecule has 0 saturated heterocycles. The normalized spacial score (nSPS) is 13.4. The molecule has 0 radical (unpaired) electrons. The first-order valence-corrected chi connectivity index (χ1v) is 9.89. The number of thiophene rings is 1. The molecule has 1 aromatic heterocycles. The summed E-state index contributed by atoms with van der Waals surface area (Å²) in [7, 11) is 1.69. The Morgan fingerprint density at radius 2 is 2.11 bits per heavy atom. The number of halogens is 1. The highest BCUT2D eigenvalue weighted by molar-refractivity contribution is 14.0. The first kappa shape index (κ1) is 23.7. The highest BCUT2D eigenvalue weighted by Crippen LogP contribution is 2.23. The van der Waals surface area contributed by atoms with Gasteiger partial charge in [0.2, 0.25) is 0 Å². The van der Waals surface area contributed by atoms with E-state index in [1.807, 2.05) is 35.9 Å². The lowest BCUT2D eigenvalue weighted by atomic mass is 10.00. The predicted octanol–water partition coefficient (Wildman–Crippen LogP) is 3.77. The fourth-order valence-corrected chi connectivity index (χ4v) is 3.35. The second-order valence-corrected chi connectivity index (χ2v) is 7.14. The van der Waals surface area contributed by atoms with Crippen LogP contribution < -0.4 is 15.4 Å². The molecule has 27 heavy (non-hydrogen) atoms. The summed E-state index contributed by atoms with van der Waals surface area (Å²) >= 11 is 1.58. The second-order valence-electron chi connectivity index (χ2n) is 6.36. The molecule has 0 saturated carbocycles. The van der Waals surface area contributed by atoms with Gasteiger partial charge in [-0.2, -0.15) is 11.3 Å². The molecule has 2 rings (SSSR count). The largest absolute Gasteiger partial charge is 0.497 e. The number of aryl methyl sites for hydroxylation is 1. The van der Waals surface area contributed by atoms with Gasteiger partial charge in [-0.15, -0.1) is 24.0 Å². The third-order valence-corrected chi connectivity index (χ3v) is 4.78. The molecule has 0 fully saturated rings. The Morgan fingerprint density at radius 1 is 1.30 bits per heavy atom. The van der Waals surface area contributed by atoms with E-state index in [9.17, 15) is 5.11 Å². The Bertz CT molecular complexity index is 690.